The topological polar surface area (TPSA) is 35.2 Å². The van der Waals surface area contributed by atoms with E-state index in [1.165, 1.54) is 11.1 Å². The Labute approximate surface area is 98.8 Å². The van der Waals surface area contributed by atoms with E-state index in [0.717, 1.165) is 12.8 Å². The van der Waals surface area contributed by atoms with Gasteiger partial charge in [0.2, 0.25) is 0 Å². The molecule has 2 heteroatoms. The molecule has 0 saturated heterocycles. The molecule has 1 aromatic rings. The summed E-state index contributed by atoms with van der Waals surface area (Å²) in [5.41, 5.74) is 8.46. The molecule has 0 aromatic heterocycles. The van der Waals surface area contributed by atoms with E-state index in [1.54, 1.807) is 7.11 Å². The largest absolute Gasteiger partial charge is 0.381 e. The zero-order chi connectivity index (χ0) is 12.2. The Hall–Kier alpha value is -0.860. The van der Waals surface area contributed by atoms with Crippen LogP contribution in [0.5, 0.6) is 0 Å². The molecule has 0 spiro atoms. The summed E-state index contributed by atoms with van der Waals surface area (Å²) < 4.78 is 5.24. The highest BCUT2D eigenvalue weighted by atomic mass is 16.5. The molecule has 0 fully saturated rings. The van der Waals surface area contributed by atoms with Crippen LogP contribution in [0.2, 0.25) is 0 Å². The van der Waals surface area contributed by atoms with Crippen molar-refractivity contribution in [1.29, 1.82) is 0 Å². The number of nitrogens with two attached hydrogens (primary N) is 1. The van der Waals surface area contributed by atoms with Crippen molar-refractivity contribution in [2.45, 2.75) is 45.3 Å². The second kappa shape index (κ2) is 5.46. The molecular weight excluding hydrogens is 198 g/mol. The van der Waals surface area contributed by atoms with E-state index in [1.807, 2.05) is 13.8 Å². The second-order valence-corrected chi connectivity index (χ2v) is 5.23. The predicted octanol–water partition coefficient (Wildman–Crippen LogP) is 2.54. The van der Waals surface area contributed by atoms with Crippen molar-refractivity contribution >= 4 is 0 Å². The average molecular weight is 221 g/mol. The van der Waals surface area contributed by atoms with E-state index in [4.69, 9.17) is 10.5 Å². The first-order chi connectivity index (χ1) is 7.40. The van der Waals surface area contributed by atoms with E-state index in [2.05, 4.69) is 31.2 Å². The smallest absolute Gasteiger partial charge is 0.0583 e. The number of rotatable bonds is 5. The maximum absolute atomic E-state index is 5.99. The third kappa shape index (κ3) is 4.77. The van der Waals surface area contributed by atoms with E-state index in [9.17, 15) is 0 Å². The summed E-state index contributed by atoms with van der Waals surface area (Å²) in [6, 6.07) is 8.64. The summed E-state index contributed by atoms with van der Waals surface area (Å²) >= 11 is 0. The molecule has 0 aliphatic rings. The van der Waals surface area contributed by atoms with Gasteiger partial charge in [0.25, 0.3) is 0 Å². The van der Waals surface area contributed by atoms with Crippen molar-refractivity contribution in [2.24, 2.45) is 5.73 Å². The van der Waals surface area contributed by atoms with Gasteiger partial charge in [-0.05, 0) is 44.7 Å². The minimum Gasteiger partial charge on any atom is -0.381 e. The highest BCUT2D eigenvalue weighted by molar-refractivity contribution is 5.24. The Morgan fingerprint density at radius 3 is 2.12 bits per heavy atom. The minimum atomic E-state index is -0.138. The first kappa shape index (κ1) is 13.2. The van der Waals surface area contributed by atoms with Crippen LogP contribution in [0.3, 0.4) is 0 Å². The van der Waals surface area contributed by atoms with Gasteiger partial charge in [-0.1, -0.05) is 24.3 Å². The highest BCUT2D eigenvalue weighted by Gasteiger charge is 2.11. The summed E-state index contributed by atoms with van der Waals surface area (Å²) in [5.74, 6) is 0. The van der Waals surface area contributed by atoms with E-state index in [-0.39, 0.29) is 11.6 Å². The molecule has 16 heavy (non-hydrogen) atoms. The minimum absolute atomic E-state index is 0.138. The quantitative estimate of drug-likeness (QED) is 0.829. The van der Waals surface area contributed by atoms with Gasteiger partial charge >= 0.3 is 0 Å². The van der Waals surface area contributed by atoms with Crippen LogP contribution in [-0.2, 0) is 17.6 Å². The SMILES string of the molecule is COC(C)Cc1ccc(CC(C)(C)N)cc1. The first-order valence-corrected chi connectivity index (χ1v) is 5.80. The molecule has 90 valence electrons. The van der Waals surface area contributed by atoms with Crippen molar-refractivity contribution in [3.8, 4) is 0 Å². The molecular formula is C14H23NO. The first-order valence-electron chi connectivity index (χ1n) is 5.80. The van der Waals surface area contributed by atoms with Crippen LogP contribution >= 0.6 is 0 Å². The van der Waals surface area contributed by atoms with Gasteiger partial charge in [-0.3, -0.25) is 0 Å². The molecule has 2 nitrogen and oxygen atoms in total. The Bertz CT molecular complexity index is 311. The van der Waals surface area contributed by atoms with Crippen LogP contribution in [0.15, 0.2) is 24.3 Å². The molecule has 1 atom stereocenters. The zero-order valence-corrected chi connectivity index (χ0v) is 10.8. The lowest BCUT2D eigenvalue weighted by atomic mass is 9.95. The molecule has 1 rings (SSSR count). The Kier molecular flexibility index (Phi) is 4.51. The van der Waals surface area contributed by atoms with Crippen molar-refractivity contribution in [2.75, 3.05) is 7.11 Å². The fourth-order valence-electron chi connectivity index (χ4n) is 1.73. The van der Waals surface area contributed by atoms with Crippen molar-refractivity contribution in [1.82, 2.24) is 0 Å². The van der Waals surface area contributed by atoms with Gasteiger partial charge in [-0.15, -0.1) is 0 Å². The van der Waals surface area contributed by atoms with Gasteiger partial charge < -0.3 is 10.5 Å². The summed E-state index contributed by atoms with van der Waals surface area (Å²) in [7, 11) is 1.75. The Morgan fingerprint density at radius 1 is 1.19 bits per heavy atom. The lowest BCUT2D eigenvalue weighted by Crippen LogP contribution is -2.34. The maximum Gasteiger partial charge on any atom is 0.0583 e. The summed E-state index contributed by atoms with van der Waals surface area (Å²) in [5, 5.41) is 0. The molecule has 0 aliphatic heterocycles. The molecule has 1 aromatic carbocycles. The number of hydrogen-bond acceptors (Lipinski definition) is 2. The fraction of sp³-hybridized carbons (Fsp3) is 0.571. The van der Waals surface area contributed by atoms with Crippen molar-refractivity contribution in [3.05, 3.63) is 35.4 Å². The van der Waals surface area contributed by atoms with Gasteiger partial charge in [0, 0.05) is 12.6 Å². The summed E-state index contributed by atoms with van der Waals surface area (Å²) in [6.07, 6.45) is 2.15. The van der Waals surface area contributed by atoms with Crippen LogP contribution in [-0.4, -0.2) is 18.8 Å². The van der Waals surface area contributed by atoms with Crippen LogP contribution in [0, 0.1) is 0 Å². The maximum atomic E-state index is 5.99. The molecule has 0 heterocycles. The average Bonchev–Trinajstić information content (AvgIpc) is 2.18. The van der Waals surface area contributed by atoms with Crippen molar-refractivity contribution < 1.29 is 4.74 Å². The lowest BCUT2D eigenvalue weighted by Gasteiger charge is -2.18. The Balaban J connectivity index is 2.61. The molecule has 0 bridgehead atoms. The van der Waals surface area contributed by atoms with Crippen LogP contribution < -0.4 is 5.73 Å². The van der Waals surface area contributed by atoms with Gasteiger partial charge in [-0.25, -0.2) is 0 Å². The van der Waals surface area contributed by atoms with E-state index < -0.39 is 0 Å². The molecule has 2 N–H and O–H groups in total. The predicted molar refractivity (Wildman–Crippen MR) is 68.6 cm³/mol. The van der Waals surface area contributed by atoms with Gasteiger partial charge in [0.05, 0.1) is 6.10 Å². The lowest BCUT2D eigenvalue weighted by molar-refractivity contribution is 0.119. The van der Waals surface area contributed by atoms with Crippen LogP contribution in [0.25, 0.3) is 0 Å². The van der Waals surface area contributed by atoms with Gasteiger partial charge in [0.1, 0.15) is 0 Å². The molecule has 1 unspecified atom stereocenters. The summed E-state index contributed by atoms with van der Waals surface area (Å²) in [4.78, 5) is 0. The second-order valence-electron chi connectivity index (χ2n) is 5.23. The molecule has 0 aliphatic carbocycles. The fourth-order valence-corrected chi connectivity index (χ4v) is 1.73. The normalized spacial score (nSPS) is 13.8. The molecule has 0 radical (unpaired) electrons. The number of benzene rings is 1. The zero-order valence-electron chi connectivity index (χ0n) is 10.8. The van der Waals surface area contributed by atoms with Crippen molar-refractivity contribution in [3.63, 3.8) is 0 Å². The van der Waals surface area contributed by atoms with Gasteiger partial charge in [-0.2, -0.15) is 0 Å². The van der Waals surface area contributed by atoms with E-state index in [0.29, 0.717) is 0 Å². The molecule has 0 amide bonds. The van der Waals surface area contributed by atoms with Crippen LogP contribution in [0.4, 0.5) is 0 Å². The highest BCUT2D eigenvalue weighted by Crippen LogP contribution is 2.12. The monoisotopic (exact) mass is 221 g/mol. The van der Waals surface area contributed by atoms with E-state index >= 15 is 0 Å². The molecule has 0 saturated carbocycles. The summed E-state index contributed by atoms with van der Waals surface area (Å²) in [6.45, 7) is 6.18. The third-order valence-corrected chi connectivity index (χ3v) is 2.61. The standard InChI is InChI=1S/C14H23NO/c1-11(16-4)9-12-5-7-13(8-6-12)10-14(2,3)15/h5-8,11H,9-10,15H2,1-4H3. The number of methoxy groups -OCH3 is 1. The van der Waals surface area contributed by atoms with Gasteiger partial charge in [0.15, 0.2) is 0 Å². The Morgan fingerprint density at radius 2 is 1.69 bits per heavy atom. The number of hydrogen-bond donors (Lipinski definition) is 1. The number of ether oxygens (including phenoxy) is 1. The van der Waals surface area contributed by atoms with Crippen LogP contribution in [0.1, 0.15) is 31.9 Å². The third-order valence-electron chi connectivity index (χ3n) is 2.61.